The van der Waals surface area contributed by atoms with E-state index in [1.807, 2.05) is 24.3 Å². The average molecular weight is 543 g/mol. The molecule has 0 aliphatic heterocycles. The highest BCUT2D eigenvalue weighted by molar-refractivity contribution is 5.84. The number of hydrogen-bond acceptors (Lipinski definition) is 4. The minimum absolute atomic E-state index is 0.0445. The minimum atomic E-state index is -2.82. The first-order valence-corrected chi connectivity index (χ1v) is 13.8. The van der Waals surface area contributed by atoms with Crippen LogP contribution in [0, 0.1) is 5.92 Å². The molecule has 6 nitrogen and oxygen atoms in total. The Morgan fingerprint density at radius 1 is 1.03 bits per heavy atom. The van der Waals surface area contributed by atoms with Crippen molar-refractivity contribution in [1.82, 2.24) is 16.0 Å². The fourth-order valence-corrected chi connectivity index (χ4v) is 5.03. The van der Waals surface area contributed by atoms with E-state index in [9.17, 15) is 22.8 Å². The van der Waals surface area contributed by atoms with Gasteiger partial charge in [0.2, 0.25) is 11.8 Å². The molecule has 2 aromatic rings. The molecule has 210 valence electrons. The Labute approximate surface area is 227 Å². The van der Waals surface area contributed by atoms with Gasteiger partial charge in [-0.1, -0.05) is 48.5 Å². The predicted molar refractivity (Wildman–Crippen MR) is 144 cm³/mol. The lowest BCUT2D eigenvalue weighted by atomic mass is 9.96. The summed E-state index contributed by atoms with van der Waals surface area (Å²) in [6.07, 6.45) is 1.12. The van der Waals surface area contributed by atoms with Crippen molar-refractivity contribution < 1.29 is 22.8 Å². The standard InChI is InChI=1S/C30H37F3N4O2/c1-29(2,33)16-24(28(39)37-30(34)13-14-30)36-25(26(31)32)20-9-5-18(6-10-20)17-3-7-19(8-4-17)22-15-23(22)27(38)35-21-11-12-21/h3-10,21-26,36H,11-16,34H2,1-2H3,(H,35,38)(H,37,39)/t22-,23+,24+,25+/m1/s1. The normalized spacial score (nSPS) is 23.2. The Morgan fingerprint density at radius 2 is 1.62 bits per heavy atom. The van der Waals surface area contributed by atoms with Crippen LogP contribution >= 0.6 is 0 Å². The lowest BCUT2D eigenvalue weighted by Crippen LogP contribution is -2.54. The molecule has 0 radical (unpaired) electrons. The van der Waals surface area contributed by atoms with Gasteiger partial charge < -0.3 is 16.4 Å². The van der Waals surface area contributed by atoms with Gasteiger partial charge in [-0.05, 0) is 74.1 Å². The third-order valence-electron chi connectivity index (χ3n) is 7.79. The van der Waals surface area contributed by atoms with Crippen LogP contribution in [0.15, 0.2) is 48.5 Å². The van der Waals surface area contributed by atoms with Gasteiger partial charge in [-0.15, -0.1) is 0 Å². The zero-order chi connectivity index (χ0) is 27.9. The maximum absolute atomic E-state index is 14.5. The lowest BCUT2D eigenvalue weighted by Gasteiger charge is -2.29. The fourth-order valence-electron chi connectivity index (χ4n) is 5.03. The Kier molecular flexibility index (Phi) is 7.50. The highest BCUT2D eigenvalue weighted by Crippen LogP contribution is 2.48. The van der Waals surface area contributed by atoms with Gasteiger partial charge >= 0.3 is 0 Å². The molecular weight excluding hydrogens is 505 g/mol. The zero-order valence-electron chi connectivity index (χ0n) is 22.4. The van der Waals surface area contributed by atoms with Gasteiger partial charge in [-0.3, -0.25) is 14.9 Å². The van der Waals surface area contributed by atoms with Crippen LogP contribution in [-0.4, -0.2) is 41.7 Å². The molecule has 9 heteroatoms. The molecule has 5 N–H and O–H groups in total. The first kappa shape index (κ1) is 27.6. The molecule has 0 unspecified atom stereocenters. The second kappa shape index (κ2) is 10.6. The number of benzene rings is 2. The Morgan fingerprint density at radius 3 is 2.13 bits per heavy atom. The number of carbonyl (C=O) groups is 2. The number of nitrogens with one attached hydrogen (secondary N) is 3. The van der Waals surface area contributed by atoms with Crippen LogP contribution in [0.2, 0.25) is 0 Å². The van der Waals surface area contributed by atoms with Crippen molar-refractivity contribution >= 4 is 11.8 Å². The maximum Gasteiger partial charge on any atom is 0.257 e. The molecule has 4 atom stereocenters. The molecule has 2 aromatic carbocycles. The SMILES string of the molecule is CC(C)(F)C[C@H](N[C@@H](c1ccc(-c2ccc([C@H]3C[C@@H]3C(=O)NC3CC3)cc2)cc1)C(F)F)C(=O)NC1(N)CC1. The second-order valence-corrected chi connectivity index (χ2v) is 12.1. The molecule has 3 saturated carbocycles. The molecular formula is C30H37F3N4O2. The highest BCUT2D eigenvalue weighted by atomic mass is 19.3. The van der Waals surface area contributed by atoms with Crippen LogP contribution in [0.3, 0.4) is 0 Å². The number of alkyl halides is 3. The number of carbonyl (C=O) groups excluding carboxylic acids is 2. The van der Waals surface area contributed by atoms with E-state index in [2.05, 4.69) is 16.0 Å². The smallest absolute Gasteiger partial charge is 0.257 e. The largest absolute Gasteiger partial charge is 0.353 e. The summed E-state index contributed by atoms with van der Waals surface area (Å²) in [5, 5.41) is 8.43. The Hall–Kier alpha value is -2.91. The van der Waals surface area contributed by atoms with E-state index in [1.165, 1.54) is 13.8 Å². The van der Waals surface area contributed by atoms with Gasteiger partial charge in [0.15, 0.2) is 0 Å². The van der Waals surface area contributed by atoms with Crippen molar-refractivity contribution in [2.45, 2.75) is 94.2 Å². The third-order valence-corrected chi connectivity index (χ3v) is 7.79. The van der Waals surface area contributed by atoms with Crippen molar-refractivity contribution in [3.63, 3.8) is 0 Å². The average Bonchev–Trinajstić information content (AvgIpc) is 3.74. The first-order chi connectivity index (χ1) is 18.4. The number of hydrogen-bond donors (Lipinski definition) is 4. The summed E-state index contributed by atoms with van der Waals surface area (Å²) in [7, 11) is 0. The predicted octanol–water partition coefficient (Wildman–Crippen LogP) is 4.70. The first-order valence-electron chi connectivity index (χ1n) is 13.8. The summed E-state index contributed by atoms with van der Waals surface area (Å²) in [6.45, 7) is 2.63. The van der Waals surface area contributed by atoms with Crippen LogP contribution in [0.25, 0.3) is 11.1 Å². The molecule has 3 aliphatic carbocycles. The van der Waals surface area contributed by atoms with Crippen LogP contribution in [0.1, 0.15) is 75.5 Å². The molecule has 0 spiro atoms. The number of amides is 2. The molecule has 0 aromatic heterocycles. The Bertz CT molecular complexity index is 1190. The lowest BCUT2D eigenvalue weighted by molar-refractivity contribution is -0.125. The number of halogens is 3. The monoisotopic (exact) mass is 542 g/mol. The molecule has 0 heterocycles. The molecule has 3 fully saturated rings. The Balaban J connectivity index is 1.24. The van der Waals surface area contributed by atoms with E-state index in [0.717, 1.165) is 36.0 Å². The van der Waals surface area contributed by atoms with Crippen LogP contribution in [-0.2, 0) is 9.59 Å². The van der Waals surface area contributed by atoms with Gasteiger partial charge in [-0.2, -0.15) is 0 Å². The summed E-state index contributed by atoms with van der Waals surface area (Å²) >= 11 is 0. The third kappa shape index (κ3) is 7.19. The molecule has 5 rings (SSSR count). The topological polar surface area (TPSA) is 96.2 Å². The van der Waals surface area contributed by atoms with Crippen molar-refractivity contribution in [3.05, 3.63) is 59.7 Å². The van der Waals surface area contributed by atoms with Crippen LogP contribution < -0.4 is 21.7 Å². The van der Waals surface area contributed by atoms with E-state index in [1.54, 1.807) is 24.3 Å². The van der Waals surface area contributed by atoms with Gasteiger partial charge in [0.05, 0.1) is 17.7 Å². The summed E-state index contributed by atoms with van der Waals surface area (Å²) in [5.74, 6) is -0.144. The van der Waals surface area contributed by atoms with Gasteiger partial charge in [0.25, 0.3) is 6.43 Å². The maximum atomic E-state index is 14.5. The quantitative estimate of drug-likeness (QED) is 0.292. The van der Waals surface area contributed by atoms with E-state index in [4.69, 9.17) is 5.73 Å². The van der Waals surface area contributed by atoms with E-state index in [-0.39, 0.29) is 24.2 Å². The molecule has 2 amide bonds. The fraction of sp³-hybridized carbons (Fsp3) is 0.533. The second-order valence-electron chi connectivity index (χ2n) is 12.1. The summed E-state index contributed by atoms with van der Waals surface area (Å²) in [4.78, 5) is 25.1. The van der Waals surface area contributed by atoms with E-state index in [0.29, 0.717) is 24.4 Å². The van der Waals surface area contributed by atoms with Crippen molar-refractivity contribution in [2.75, 3.05) is 0 Å². The summed E-state index contributed by atoms with van der Waals surface area (Å²) in [6, 6.07) is 12.5. The van der Waals surface area contributed by atoms with Gasteiger partial charge in [0.1, 0.15) is 5.67 Å². The highest BCUT2D eigenvalue weighted by Gasteiger charge is 2.45. The van der Waals surface area contributed by atoms with E-state index >= 15 is 0 Å². The number of rotatable bonds is 12. The van der Waals surface area contributed by atoms with Gasteiger partial charge in [0, 0.05) is 18.4 Å². The molecule has 0 bridgehead atoms. The molecule has 39 heavy (non-hydrogen) atoms. The van der Waals surface area contributed by atoms with Crippen molar-refractivity contribution in [3.8, 4) is 11.1 Å². The van der Waals surface area contributed by atoms with Crippen LogP contribution in [0.5, 0.6) is 0 Å². The summed E-state index contributed by atoms with van der Waals surface area (Å²) < 4.78 is 42.8. The van der Waals surface area contributed by atoms with Gasteiger partial charge in [-0.25, -0.2) is 13.2 Å². The van der Waals surface area contributed by atoms with E-state index < -0.39 is 35.7 Å². The summed E-state index contributed by atoms with van der Waals surface area (Å²) in [5.41, 5.74) is 6.61. The van der Waals surface area contributed by atoms with Crippen molar-refractivity contribution in [2.24, 2.45) is 11.7 Å². The van der Waals surface area contributed by atoms with Crippen molar-refractivity contribution in [1.29, 1.82) is 0 Å². The zero-order valence-corrected chi connectivity index (χ0v) is 22.4. The number of nitrogens with two attached hydrogens (primary N) is 1. The minimum Gasteiger partial charge on any atom is -0.353 e. The van der Waals surface area contributed by atoms with Crippen LogP contribution in [0.4, 0.5) is 13.2 Å². The molecule has 3 aliphatic rings. The molecule has 0 saturated heterocycles.